The predicted molar refractivity (Wildman–Crippen MR) is 72.7 cm³/mol. The zero-order valence-electron chi connectivity index (χ0n) is 11.3. The normalized spacial score (nSPS) is 31.4. The number of methoxy groups -OCH3 is 1. The van der Waals surface area contributed by atoms with Crippen LogP contribution in [0, 0.1) is 0 Å². The Kier molecular flexibility index (Phi) is 2.97. The van der Waals surface area contributed by atoms with Crippen molar-refractivity contribution in [2.45, 2.75) is 16.7 Å². The van der Waals surface area contributed by atoms with Crippen molar-refractivity contribution in [2.24, 2.45) is 5.73 Å². The number of hydrogen-bond donors (Lipinski definition) is 1. The molecule has 2 aliphatic rings. The lowest BCUT2D eigenvalue weighted by atomic mass is 10.1. The van der Waals surface area contributed by atoms with Crippen LogP contribution in [0.4, 0.5) is 0 Å². The molecule has 1 heterocycles. The predicted octanol–water partition coefficient (Wildman–Crippen LogP) is 0.270. The van der Waals surface area contributed by atoms with Crippen LogP contribution in [0.15, 0.2) is 18.2 Å². The first kappa shape index (κ1) is 13.7. The van der Waals surface area contributed by atoms with E-state index in [0.29, 0.717) is 11.5 Å². The molecule has 0 aromatic heterocycles. The number of sulfone groups is 1. The molecule has 0 amide bonds. The summed E-state index contributed by atoms with van der Waals surface area (Å²) in [5.41, 5.74) is 6.19. The van der Waals surface area contributed by atoms with Crippen LogP contribution in [0.2, 0.25) is 0 Å². The summed E-state index contributed by atoms with van der Waals surface area (Å²) < 4.78 is 39.5. The highest BCUT2D eigenvalue weighted by Gasteiger charge is 2.68. The highest BCUT2D eigenvalue weighted by molar-refractivity contribution is 7.91. The quantitative estimate of drug-likeness (QED) is 0.858. The molecule has 0 radical (unpaired) electrons. The van der Waals surface area contributed by atoms with Gasteiger partial charge in [0.1, 0.15) is 0 Å². The minimum atomic E-state index is -3.25. The van der Waals surface area contributed by atoms with Gasteiger partial charge in [0, 0.05) is 19.3 Å². The maximum absolute atomic E-state index is 11.9. The molecule has 1 saturated carbocycles. The van der Waals surface area contributed by atoms with E-state index in [-0.39, 0.29) is 19.3 Å². The van der Waals surface area contributed by atoms with Crippen molar-refractivity contribution in [3.05, 3.63) is 23.8 Å². The Hall–Kier alpha value is -1.31. The molecule has 1 aliphatic heterocycles. The van der Waals surface area contributed by atoms with Crippen molar-refractivity contribution in [1.29, 1.82) is 0 Å². The molecule has 1 aromatic carbocycles. The highest BCUT2D eigenvalue weighted by atomic mass is 32.2. The van der Waals surface area contributed by atoms with Gasteiger partial charge in [-0.05, 0) is 17.7 Å². The van der Waals surface area contributed by atoms with E-state index in [0.717, 1.165) is 5.56 Å². The van der Waals surface area contributed by atoms with E-state index in [1.807, 2.05) is 6.07 Å². The Labute approximate surface area is 117 Å². The van der Waals surface area contributed by atoms with Gasteiger partial charge in [0.15, 0.2) is 21.3 Å². The molecule has 2 N–H and O–H groups in total. The third-order valence-electron chi connectivity index (χ3n) is 3.91. The van der Waals surface area contributed by atoms with E-state index >= 15 is 0 Å². The lowest BCUT2D eigenvalue weighted by molar-refractivity contribution is 0.171. The molecule has 1 aromatic rings. The molecule has 0 saturated heterocycles. The number of benzene rings is 1. The number of nitrogens with two attached hydrogens (primary N) is 1. The van der Waals surface area contributed by atoms with Gasteiger partial charge in [-0.25, -0.2) is 8.42 Å². The summed E-state index contributed by atoms with van der Waals surface area (Å²) in [5, 5.41) is -0.629. The number of fused-ring (bicyclic) bond motifs is 1. The molecule has 1 fully saturated rings. The second-order valence-corrected chi connectivity index (χ2v) is 7.55. The molecule has 1 aliphatic carbocycles. The lowest BCUT2D eigenvalue weighted by Crippen LogP contribution is -2.35. The van der Waals surface area contributed by atoms with Crippen molar-refractivity contribution in [2.75, 3.05) is 26.8 Å². The highest BCUT2D eigenvalue weighted by Crippen LogP contribution is 2.55. The molecule has 0 unspecified atom stereocenters. The van der Waals surface area contributed by atoms with Crippen molar-refractivity contribution in [3.63, 3.8) is 0 Å². The van der Waals surface area contributed by atoms with Gasteiger partial charge in [0.05, 0.1) is 17.4 Å². The van der Waals surface area contributed by atoms with Gasteiger partial charge in [-0.15, -0.1) is 0 Å². The maximum atomic E-state index is 11.9. The summed E-state index contributed by atoms with van der Waals surface area (Å²) in [6.07, 6.45) is 1.21. The van der Waals surface area contributed by atoms with Gasteiger partial charge in [-0.2, -0.15) is 0 Å². The third kappa shape index (κ3) is 1.97. The average molecular weight is 299 g/mol. The molecule has 20 heavy (non-hydrogen) atoms. The zero-order chi connectivity index (χ0) is 14.5. The summed E-state index contributed by atoms with van der Waals surface area (Å²) >= 11 is 0. The van der Waals surface area contributed by atoms with Gasteiger partial charge in [0.2, 0.25) is 6.79 Å². The van der Waals surface area contributed by atoms with Crippen LogP contribution >= 0.6 is 0 Å². The van der Waals surface area contributed by atoms with Crippen LogP contribution in [0.5, 0.6) is 11.5 Å². The van der Waals surface area contributed by atoms with E-state index in [9.17, 15) is 8.42 Å². The second-order valence-electron chi connectivity index (χ2n) is 5.39. The first-order valence-corrected chi connectivity index (χ1v) is 8.19. The van der Waals surface area contributed by atoms with Crippen LogP contribution in [0.3, 0.4) is 0 Å². The van der Waals surface area contributed by atoms with E-state index < -0.39 is 20.6 Å². The molecule has 6 nitrogen and oxygen atoms in total. The Morgan fingerprint density at radius 2 is 2.10 bits per heavy atom. The van der Waals surface area contributed by atoms with Gasteiger partial charge in [0.25, 0.3) is 0 Å². The first-order chi connectivity index (χ1) is 9.38. The monoisotopic (exact) mass is 299 g/mol. The average Bonchev–Trinajstić information content (AvgIpc) is 2.77. The minimum Gasteiger partial charge on any atom is -0.454 e. The Bertz CT molecular complexity index is 644. The van der Waals surface area contributed by atoms with Gasteiger partial charge in [-0.1, -0.05) is 6.07 Å². The van der Waals surface area contributed by atoms with Crippen LogP contribution < -0.4 is 15.2 Å². The van der Waals surface area contributed by atoms with Crippen molar-refractivity contribution >= 4 is 9.84 Å². The molecule has 0 bridgehead atoms. The Morgan fingerprint density at radius 3 is 2.75 bits per heavy atom. The zero-order valence-corrected chi connectivity index (χ0v) is 12.1. The van der Waals surface area contributed by atoms with E-state index in [1.165, 1.54) is 13.4 Å². The van der Waals surface area contributed by atoms with E-state index in [2.05, 4.69) is 0 Å². The molecule has 3 atom stereocenters. The standard InChI is InChI=1S/C13H17NO5S/c1-17-6-13(14)11(12(13)20(2,15)16)8-3-4-9-10(5-8)19-7-18-9/h3-5,11-12H,6-7,14H2,1-2H3/t11-,12+,13+/m1/s1. The fourth-order valence-corrected chi connectivity index (χ4v) is 4.92. The van der Waals surface area contributed by atoms with Gasteiger partial charge in [-0.3, -0.25) is 0 Å². The summed E-state index contributed by atoms with van der Waals surface area (Å²) in [5.74, 6) is 1.01. The fourth-order valence-electron chi connectivity index (χ4n) is 3.08. The maximum Gasteiger partial charge on any atom is 0.231 e. The minimum absolute atomic E-state index is 0.185. The Morgan fingerprint density at radius 1 is 1.40 bits per heavy atom. The topological polar surface area (TPSA) is 87.8 Å². The van der Waals surface area contributed by atoms with Gasteiger partial charge >= 0.3 is 0 Å². The second kappa shape index (κ2) is 4.34. The molecule has 0 spiro atoms. The number of hydrogen-bond acceptors (Lipinski definition) is 6. The molecular formula is C13H17NO5S. The largest absolute Gasteiger partial charge is 0.454 e. The summed E-state index contributed by atoms with van der Waals surface area (Å²) in [7, 11) is -1.73. The number of rotatable bonds is 4. The molecule has 3 rings (SSSR count). The van der Waals surface area contributed by atoms with Crippen LogP contribution in [0.1, 0.15) is 11.5 Å². The first-order valence-electron chi connectivity index (χ1n) is 6.24. The fraction of sp³-hybridized carbons (Fsp3) is 0.538. The van der Waals surface area contributed by atoms with Crippen LogP contribution in [-0.4, -0.2) is 46.0 Å². The molecular weight excluding hydrogens is 282 g/mol. The van der Waals surface area contributed by atoms with Crippen LogP contribution in [-0.2, 0) is 14.6 Å². The van der Waals surface area contributed by atoms with E-state index in [1.54, 1.807) is 12.1 Å². The summed E-state index contributed by atoms with van der Waals surface area (Å²) in [6.45, 7) is 0.384. The van der Waals surface area contributed by atoms with Gasteiger partial charge < -0.3 is 19.9 Å². The molecule has 110 valence electrons. The SMILES string of the molecule is COC[C@]1(N)[C@H](c2ccc3c(c2)OCO3)[C@@H]1S(C)(=O)=O. The number of ether oxygens (including phenoxy) is 3. The van der Waals surface area contributed by atoms with Crippen molar-refractivity contribution in [1.82, 2.24) is 0 Å². The van der Waals surface area contributed by atoms with E-state index in [4.69, 9.17) is 19.9 Å². The Balaban J connectivity index is 1.97. The third-order valence-corrected chi connectivity index (χ3v) is 5.55. The summed E-state index contributed by atoms with van der Waals surface area (Å²) in [6, 6.07) is 5.42. The lowest BCUT2D eigenvalue weighted by Gasteiger charge is -2.10. The van der Waals surface area contributed by atoms with Crippen LogP contribution in [0.25, 0.3) is 0 Å². The smallest absolute Gasteiger partial charge is 0.231 e. The van der Waals surface area contributed by atoms with Crippen molar-refractivity contribution < 1.29 is 22.6 Å². The summed E-state index contributed by atoms with van der Waals surface area (Å²) in [4.78, 5) is 0. The molecule has 7 heteroatoms. The van der Waals surface area contributed by atoms with Crippen molar-refractivity contribution in [3.8, 4) is 11.5 Å².